The lowest BCUT2D eigenvalue weighted by Crippen LogP contribution is -1.98. The molecule has 0 rings (SSSR count). The molecule has 154 valence electrons. The van der Waals surface area contributed by atoms with Gasteiger partial charge in [0.05, 0.1) is 0 Å². The van der Waals surface area contributed by atoms with E-state index in [1.807, 2.05) is 0 Å². The fourth-order valence-electron chi connectivity index (χ4n) is 3.60. The molecule has 0 spiro atoms. The molecule has 0 nitrogen and oxygen atoms in total. The van der Waals surface area contributed by atoms with Gasteiger partial charge in [0, 0.05) is 12.3 Å². The van der Waals surface area contributed by atoms with Crippen molar-refractivity contribution in [2.24, 2.45) is 17.8 Å². The first-order chi connectivity index (χ1) is 12.6. The summed E-state index contributed by atoms with van der Waals surface area (Å²) in [6.45, 7) is 11.7. The maximum atomic E-state index is 3.35. The van der Waals surface area contributed by atoms with E-state index in [-0.39, 0.29) is 0 Å². The van der Waals surface area contributed by atoms with Crippen molar-refractivity contribution in [2.45, 2.75) is 137 Å². The predicted molar refractivity (Wildman–Crippen MR) is 120 cm³/mol. The van der Waals surface area contributed by atoms with Crippen LogP contribution in [0.4, 0.5) is 0 Å². The van der Waals surface area contributed by atoms with Gasteiger partial charge in [-0.15, -0.1) is 11.8 Å². The Morgan fingerprint density at radius 1 is 0.577 bits per heavy atom. The van der Waals surface area contributed by atoms with Crippen LogP contribution in [-0.2, 0) is 0 Å². The summed E-state index contributed by atoms with van der Waals surface area (Å²) in [6, 6.07) is 0. The molecule has 0 saturated carbocycles. The molecule has 0 fully saturated rings. The average molecular weight is 363 g/mol. The molecule has 0 aliphatic carbocycles. The van der Waals surface area contributed by atoms with Crippen molar-refractivity contribution in [3.8, 4) is 11.8 Å². The van der Waals surface area contributed by atoms with Crippen LogP contribution in [0.3, 0.4) is 0 Å². The van der Waals surface area contributed by atoms with Crippen molar-refractivity contribution in [1.82, 2.24) is 0 Å². The summed E-state index contributed by atoms with van der Waals surface area (Å²) in [7, 11) is 0. The van der Waals surface area contributed by atoms with Crippen LogP contribution in [0.1, 0.15) is 137 Å². The van der Waals surface area contributed by atoms with Gasteiger partial charge in [-0.3, -0.25) is 0 Å². The summed E-state index contributed by atoms with van der Waals surface area (Å²) < 4.78 is 0. The lowest BCUT2D eigenvalue weighted by molar-refractivity contribution is 0.402. The number of hydrogen-bond donors (Lipinski definition) is 0. The van der Waals surface area contributed by atoms with Crippen molar-refractivity contribution in [3.63, 3.8) is 0 Å². The molecular formula is C26H50. The summed E-state index contributed by atoms with van der Waals surface area (Å²) in [5.74, 6) is 9.15. The second kappa shape index (κ2) is 19.3. The van der Waals surface area contributed by atoms with E-state index >= 15 is 0 Å². The lowest BCUT2D eigenvalue weighted by atomic mass is 9.93. The molecular weight excluding hydrogens is 312 g/mol. The Morgan fingerprint density at radius 2 is 1.04 bits per heavy atom. The van der Waals surface area contributed by atoms with Gasteiger partial charge in [0.15, 0.2) is 0 Å². The van der Waals surface area contributed by atoms with Gasteiger partial charge in [0.1, 0.15) is 0 Å². The minimum atomic E-state index is 0.582. The fourth-order valence-corrected chi connectivity index (χ4v) is 3.60. The number of rotatable bonds is 17. The summed E-state index contributed by atoms with van der Waals surface area (Å²) in [6.07, 6.45) is 22.2. The van der Waals surface area contributed by atoms with Gasteiger partial charge in [-0.2, -0.15) is 0 Å². The Balaban J connectivity index is 3.40. The molecule has 0 heterocycles. The van der Waals surface area contributed by atoms with Crippen molar-refractivity contribution >= 4 is 0 Å². The zero-order chi connectivity index (χ0) is 19.5. The zero-order valence-corrected chi connectivity index (χ0v) is 19.0. The summed E-state index contributed by atoms with van der Waals surface area (Å²) >= 11 is 0. The van der Waals surface area contributed by atoms with Crippen molar-refractivity contribution in [2.75, 3.05) is 0 Å². The van der Waals surface area contributed by atoms with Gasteiger partial charge in [-0.05, 0) is 24.7 Å². The van der Waals surface area contributed by atoms with E-state index < -0.39 is 0 Å². The van der Waals surface area contributed by atoms with Crippen LogP contribution in [0.15, 0.2) is 0 Å². The number of unbranched alkanes of at least 4 members (excludes halogenated alkanes) is 8. The van der Waals surface area contributed by atoms with Crippen molar-refractivity contribution in [3.05, 3.63) is 0 Å². The lowest BCUT2D eigenvalue weighted by Gasteiger charge is -2.13. The van der Waals surface area contributed by atoms with Gasteiger partial charge in [0.25, 0.3) is 0 Å². The Morgan fingerprint density at radius 3 is 1.54 bits per heavy atom. The number of hydrogen-bond acceptors (Lipinski definition) is 0. The smallest absolute Gasteiger partial charge is 0.0171 e. The topological polar surface area (TPSA) is 0 Å². The molecule has 0 amide bonds. The largest absolute Gasteiger partial charge is 0.103 e. The first-order valence-corrected chi connectivity index (χ1v) is 12.1. The SMILES string of the molecule is CCCCCCCC(C)CCCCC(C)CCCCCC#CC(C)CC. The Hall–Kier alpha value is -0.440. The Labute approximate surface area is 167 Å². The third-order valence-electron chi connectivity index (χ3n) is 5.90. The molecule has 0 aliphatic heterocycles. The van der Waals surface area contributed by atoms with Crippen LogP contribution in [0, 0.1) is 29.6 Å². The summed E-state index contributed by atoms with van der Waals surface area (Å²) in [5.41, 5.74) is 0. The molecule has 0 aliphatic rings. The van der Waals surface area contributed by atoms with Crippen molar-refractivity contribution in [1.29, 1.82) is 0 Å². The van der Waals surface area contributed by atoms with E-state index in [1.54, 1.807) is 0 Å². The van der Waals surface area contributed by atoms with Crippen LogP contribution in [0.5, 0.6) is 0 Å². The molecule has 0 aromatic carbocycles. The van der Waals surface area contributed by atoms with E-state index in [2.05, 4.69) is 46.5 Å². The van der Waals surface area contributed by atoms with Crippen molar-refractivity contribution < 1.29 is 0 Å². The van der Waals surface area contributed by atoms with E-state index in [9.17, 15) is 0 Å². The summed E-state index contributed by atoms with van der Waals surface area (Å²) in [5, 5.41) is 0. The highest BCUT2D eigenvalue weighted by Crippen LogP contribution is 2.21. The Bertz CT molecular complexity index is 332. The first kappa shape index (κ1) is 25.6. The van der Waals surface area contributed by atoms with E-state index in [4.69, 9.17) is 0 Å². The highest BCUT2D eigenvalue weighted by atomic mass is 14.1. The molecule has 0 heteroatoms. The maximum absolute atomic E-state index is 3.35. The Kier molecular flexibility index (Phi) is 19.0. The van der Waals surface area contributed by atoms with Crippen LogP contribution in [-0.4, -0.2) is 0 Å². The minimum Gasteiger partial charge on any atom is -0.103 e. The molecule has 0 radical (unpaired) electrons. The van der Waals surface area contributed by atoms with Crippen LogP contribution in [0.25, 0.3) is 0 Å². The quantitative estimate of drug-likeness (QED) is 0.179. The van der Waals surface area contributed by atoms with E-state index in [1.165, 1.54) is 96.3 Å². The monoisotopic (exact) mass is 362 g/mol. The van der Waals surface area contributed by atoms with Gasteiger partial charge >= 0.3 is 0 Å². The van der Waals surface area contributed by atoms with Crippen LogP contribution in [0.2, 0.25) is 0 Å². The molecule has 0 N–H and O–H groups in total. The average Bonchev–Trinajstić information content (AvgIpc) is 2.64. The zero-order valence-electron chi connectivity index (χ0n) is 19.0. The molecule has 3 atom stereocenters. The third-order valence-corrected chi connectivity index (χ3v) is 5.90. The van der Waals surface area contributed by atoms with E-state index in [0.717, 1.165) is 18.3 Å². The normalized spacial score (nSPS) is 14.5. The molecule has 26 heavy (non-hydrogen) atoms. The molecule has 3 unspecified atom stereocenters. The third kappa shape index (κ3) is 18.4. The highest BCUT2D eigenvalue weighted by Gasteiger charge is 2.05. The highest BCUT2D eigenvalue weighted by molar-refractivity contribution is 5.01. The van der Waals surface area contributed by atoms with Gasteiger partial charge in [-0.1, -0.05) is 118 Å². The first-order valence-electron chi connectivity index (χ1n) is 12.1. The van der Waals surface area contributed by atoms with Gasteiger partial charge < -0.3 is 0 Å². The van der Waals surface area contributed by atoms with Gasteiger partial charge in [0.2, 0.25) is 0 Å². The minimum absolute atomic E-state index is 0.582. The van der Waals surface area contributed by atoms with E-state index in [0.29, 0.717) is 5.92 Å². The summed E-state index contributed by atoms with van der Waals surface area (Å²) in [4.78, 5) is 0. The fraction of sp³-hybridized carbons (Fsp3) is 0.923. The standard InChI is InChI=1S/C26H50/c1-6-8-9-11-15-20-25(4)22-17-18-23-26(5)21-16-13-10-12-14-19-24(3)7-2/h24-26H,6-13,15-18,20-23H2,1-5H3. The van der Waals surface area contributed by atoms with Gasteiger partial charge in [-0.25, -0.2) is 0 Å². The second-order valence-corrected chi connectivity index (χ2v) is 8.93. The molecule has 0 bridgehead atoms. The predicted octanol–water partition coefficient (Wildman–Crippen LogP) is 9.18. The molecule has 0 aromatic rings. The van der Waals surface area contributed by atoms with Crippen LogP contribution < -0.4 is 0 Å². The maximum Gasteiger partial charge on any atom is 0.0171 e. The van der Waals surface area contributed by atoms with Crippen LogP contribution >= 0.6 is 0 Å². The second-order valence-electron chi connectivity index (χ2n) is 8.93. The molecule has 0 saturated heterocycles. The molecule has 0 aromatic heterocycles.